The lowest BCUT2D eigenvalue weighted by molar-refractivity contribution is -0.121. The maximum atomic E-state index is 11.7. The van der Waals surface area contributed by atoms with E-state index in [2.05, 4.69) is 10.6 Å². The van der Waals surface area contributed by atoms with E-state index >= 15 is 0 Å². The Morgan fingerprint density at radius 2 is 2.20 bits per heavy atom. The van der Waals surface area contributed by atoms with Crippen LogP contribution in [0.15, 0.2) is 30.3 Å². The molecule has 20 heavy (non-hydrogen) atoms. The topological polar surface area (TPSA) is 50.4 Å². The second kappa shape index (κ2) is 8.82. The summed E-state index contributed by atoms with van der Waals surface area (Å²) < 4.78 is 5.70. The van der Waals surface area contributed by atoms with E-state index < -0.39 is 0 Å². The van der Waals surface area contributed by atoms with E-state index in [1.807, 2.05) is 37.3 Å². The van der Waals surface area contributed by atoms with Gasteiger partial charge in [-0.1, -0.05) is 18.2 Å². The summed E-state index contributed by atoms with van der Waals surface area (Å²) in [7, 11) is 0. The first-order valence-electron chi connectivity index (χ1n) is 6.96. The Morgan fingerprint density at radius 1 is 1.45 bits per heavy atom. The molecular formula is C15H23ClN2O2. The Labute approximate surface area is 126 Å². The predicted molar refractivity (Wildman–Crippen MR) is 82.4 cm³/mol. The summed E-state index contributed by atoms with van der Waals surface area (Å²) in [5.41, 5.74) is 0. The van der Waals surface area contributed by atoms with Gasteiger partial charge in [-0.25, -0.2) is 0 Å². The van der Waals surface area contributed by atoms with Crippen molar-refractivity contribution in [3.63, 3.8) is 0 Å². The number of ether oxygens (including phenoxy) is 1. The highest BCUT2D eigenvalue weighted by Crippen LogP contribution is 2.11. The molecule has 0 bridgehead atoms. The van der Waals surface area contributed by atoms with Crippen LogP contribution < -0.4 is 15.4 Å². The number of rotatable bonds is 6. The van der Waals surface area contributed by atoms with Gasteiger partial charge in [0.25, 0.3) is 0 Å². The molecule has 0 aromatic heterocycles. The monoisotopic (exact) mass is 298 g/mol. The first-order chi connectivity index (χ1) is 9.24. The molecule has 1 fully saturated rings. The predicted octanol–water partition coefficient (Wildman–Crippen LogP) is 2.13. The highest BCUT2D eigenvalue weighted by Gasteiger charge is 2.17. The Bertz CT molecular complexity index is 394. The summed E-state index contributed by atoms with van der Waals surface area (Å²) in [4.78, 5) is 11.7. The van der Waals surface area contributed by atoms with Crippen molar-refractivity contribution < 1.29 is 9.53 Å². The van der Waals surface area contributed by atoms with Crippen LogP contribution in [0.4, 0.5) is 0 Å². The van der Waals surface area contributed by atoms with Gasteiger partial charge < -0.3 is 15.4 Å². The van der Waals surface area contributed by atoms with E-state index in [0.717, 1.165) is 18.7 Å². The van der Waals surface area contributed by atoms with Gasteiger partial charge in [-0.05, 0) is 38.4 Å². The van der Waals surface area contributed by atoms with Crippen LogP contribution in [0.3, 0.4) is 0 Å². The number of benzene rings is 1. The quantitative estimate of drug-likeness (QED) is 0.846. The van der Waals surface area contributed by atoms with Crippen molar-refractivity contribution in [2.45, 2.75) is 38.3 Å². The number of hydrogen-bond acceptors (Lipinski definition) is 3. The van der Waals surface area contributed by atoms with E-state index in [9.17, 15) is 4.79 Å². The Hall–Kier alpha value is -1.26. The lowest BCUT2D eigenvalue weighted by Gasteiger charge is -2.16. The fourth-order valence-corrected chi connectivity index (χ4v) is 2.26. The largest absolute Gasteiger partial charge is 0.489 e. The number of carbonyl (C=O) groups is 1. The molecule has 0 aliphatic carbocycles. The first-order valence-corrected chi connectivity index (χ1v) is 6.96. The molecular weight excluding hydrogens is 276 g/mol. The molecule has 0 spiro atoms. The van der Waals surface area contributed by atoms with Gasteiger partial charge in [0, 0.05) is 12.5 Å². The van der Waals surface area contributed by atoms with Gasteiger partial charge in [0.05, 0.1) is 6.54 Å². The average molecular weight is 299 g/mol. The van der Waals surface area contributed by atoms with Crippen LogP contribution in [0.5, 0.6) is 5.75 Å². The summed E-state index contributed by atoms with van der Waals surface area (Å²) in [6.07, 6.45) is 2.82. The van der Waals surface area contributed by atoms with Crippen molar-refractivity contribution in [3.05, 3.63) is 30.3 Å². The fraction of sp³-hybridized carbons (Fsp3) is 0.533. The maximum Gasteiger partial charge on any atom is 0.221 e. The third kappa shape index (κ3) is 5.80. The normalized spacial score (nSPS) is 18.9. The van der Waals surface area contributed by atoms with Crippen LogP contribution >= 0.6 is 12.4 Å². The van der Waals surface area contributed by atoms with Gasteiger partial charge in [0.2, 0.25) is 5.91 Å². The molecule has 5 heteroatoms. The fourth-order valence-electron chi connectivity index (χ4n) is 2.26. The van der Waals surface area contributed by atoms with Crippen molar-refractivity contribution >= 4 is 18.3 Å². The summed E-state index contributed by atoms with van der Waals surface area (Å²) in [6.45, 7) is 3.53. The summed E-state index contributed by atoms with van der Waals surface area (Å²) in [5.74, 6) is 0.935. The van der Waals surface area contributed by atoms with Crippen LogP contribution in [0, 0.1) is 0 Å². The zero-order valence-corrected chi connectivity index (χ0v) is 12.6. The van der Waals surface area contributed by atoms with Crippen molar-refractivity contribution in [2.75, 3.05) is 13.1 Å². The molecule has 1 aliphatic rings. The molecule has 2 atom stereocenters. The van der Waals surface area contributed by atoms with E-state index in [1.165, 1.54) is 6.42 Å². The number of para-hydroxylation sites is 1. The van der Waals surface area contributed by atoms with Crippen LogP contribution in [0.1, 0.15) is 26.2 Å². The van der Waals surface area contributed by atoms with Gasteiger partial charge in [-0.15, -0.1) is 12.4 Å². The van der Waals surface area contributed by atoms with Gasteiger partial charge >= 0.3 is 0 Å². The number of carbonyl (C=O) groups excluding carboxylic acids is 1. The van der Waals surface area contributed by atoms with E-state index in [0.29, 0.717) is 19.0 Å². The minimum absolute atomic E-state index is 0. The van der Waals surface area contributed by atoms with Gasteiger partial charge in [0.1, 0.15) is 11.9 Å². The van der Waals surface area contributed by atoms with Crippen molar-refractivity contribution in [1.29, 1.82) is 0 Å². The minimum atomic E-state index is -0.0251. The first kappa shape index (κ1) is 16.8. The number of amides is 1. The average Bonchev–Trinajstić information content (AvgIpc) is 2.90. The molecule has 1 aromatic carbocycles. The second-order valence-corrected chi connectivity index (χ2v) is 5.04. The molecule has 1 saturated heterocycles. The third-order valence-corrected chi connectivity index (χ3v) is 3.26. The summed E-state index contributed by atoms with van der Waals surface area (Å²) in [6, 6.07) is 10.0. The lowest BCUT2D eigenvalue weighted by atomic mass is 10.1. The van der Waals surface area contributed by atoms with Gasteiger partial charge in [-0.2, -0.15) is 0 Å². The Balaban J connectivity index is 0.00000200. The highest BCUT2D eigenvalue weighted by molar-refractivity contribution is 5.85. The van der Waals surface area contributed by atoms with Crippen molar-refractivity contribution in [3.8, 4) is 5.75 Å². The molecule has 1 heterocycles. The van der Waals surface area contributed by atoms with Crippen LogP contribution in [0.25, 0.3) is 0 Å². The maximum absolute atomic E-state index is 11.7. The van der Waals surface area contributed by atoms with E-state index in [1.54, 1.807) is 0 Å². The standard InChI is InChI=1S/C15H22N2O2.ClH/c1-12(19-14-7-3-2-4-8-14)11-17-15(18)10-13-6-5-9-16-13;/h2-4,7-8,12-13,16H,5-6,9-11H2,1H3,(H,17,18);1H. The zero-order chi connectivity index (χ0) is 13.5. The third-order valence-electron chi connectivity index (χ3n) is 3.26. The second-order valence-electron chi connectivity index (χ2n) is 5.04. The van der Waals surface area contributed by atoms with Crippen LogP contribution in [-0.4, -0.2) is 31.1 Å². The van der Waals surface area contributed by atoms with Crippen LogP contribution in [-0.2, 0) is 4.79 Å². The van der Waals surface area contributed by atoms with Gasteiger partial charge in [-0.3, -0.25) is 4.79 Å². The molecule has 0 radical (unpaired) electrons. The molecule has 2 unspecified atom stereocenters. The van der Waals surface area contributed by atoms with Crippen molar-refractivity contribution in [2.24, 2.45) is 0 Å². The number of halogens is 1. The highest BCUT2D eigenvalue weighted by atomic mass is 35.5. The molecule has 1 aromatic rings. The molecule has 1 amide bonds. The number of nitrogens with one attached hydrogen (secondary N) is 2. The molecule has 2 rings (SSSR count). The Morgan fingerprint density at radius 3 is 2.85 bits per heavy atom. The Kier molecular flexibility index (Phi) is 7.41. The molecule has 2 N–H and O–H groups in total. The smallest absolute Gasteiger partial charge is 0.221 e. The zero-order valence-electron chi connectivity index (χ0n) is 11.8. The summed E-state index contributed by atoms with van der Waals surface area (Å²) in [5, 5.41) is 6.25. The molecule has 1 aliphatic heterocycles. The molecule has 112 valence electrons. The summed E-state index contributed by atoms with van der Waals surface area (Å²) >= 11 is 0. The molecule has 4 nitrogen and oxygen atoms in total. The van der Waals surface area contributed by atoms with Gasteiger partial charge in [0.15, 0.2) is 0 Å². The molecule has 0 saturated carbocycles. The SMILES string of the molecule is CC(CNC(=O)CC1CCCN1)Oc1ccccc1.Cl. The van der Waals surface area contributed by atoms with E-state index in [4.69, 9.17) is 4.74 Å². The lowest BCUT2D eigenvalue weighted by Crippen LogP contribution is -2.37. The number of hydrogen-bond donors (Lipinski definition) is 2. The van der Waals surface area contributed by atoms with Crippen LogP contribution in [0.2, 0.25) is 0 Å². The van der Waals surface area contributed by atoms with E-state index in [-0.39, 0.29) is 24.4 Å². The minimum Gasteiger partial charge on any atom is -0.489 e. The van der Waals surface area contributed by atoms with Crippen molar-refractivity contribution in [1.82, 2.24) is 10.6 Å².